The zero-order valence-corrected chi connectivity index (χ0v) is 25.9. The number of carboxylic acids is 1. The van der Waals surface area contributed by atoms with Crippen LogP contribution in [0.1, 0.15) is 44.2 Å². The molecular formula is C34H37FN4O4S. The Kier molecular flexibility index (Phi) is 8.75. The Hall–Kier alpha value is -3.73. The van der Waals surface area contributed by atoms with Crippen LogP contribution in [-0.4, -0.2) is 69.4 Å². The first-order valence-corrected chi connectivity index (χ1v) is 15.9. The molecule has 10 heteroatoms. The Morgan fingerprint density at radius 3 is 2.43 bits per heavy atom. The van der Waals surface area contributed by atoms with Crippen molar-refractivity contribution in [2.75, 3.05) is 32.7 Å². The second-order valence-corrected chi connectivity index (χ2v) is 13.7. The number of aromatic nitrogens is 2. The van der Waals surface area contributed by atoms with Crippen molar-refractivity contribution in [3.8, 4) is 22.1 Å². The standard InChI is InChI=1S/C34H37FN4O4S/c1-34(2,33(41)42)21-39-13-11-38(12-14-39)20-24-5-7-27(37-19-24)31-18-28-32(44-31)30(9-10-36-28)43-29-8-6-23(17-26(29)35)16-25(40)15-22-3-4-22/h5-10,17-19,22H,3-4,11-16,20-21H2,1-2H3,(H,41,42). The molecule has 1 N–H and O–H groups in total. The molecule has 1 saturated carbocycles. The fraction of sp³-hybridized carbons (Fsp3) is 0.412. The SMILES string of the molecule is CC(C)(CN1CCN(Cc2ccc(-c3cc4nccc(Oc5ccc(CC(=O)CC6CC6)cc5F)c4s3)nc2)CC1)C(=O)O. The maximum atomic E-state index is 15.0. The predicted octanol–water partition coefficient (Wildman–Crippen LogP) is 6.43. The summed E-state index contributed by atoms with van der Waals surface area (Å²) in [7, 11) is 0. The molecule has 230 valence electrons. The van der Waals surface area contributed by atoms with E-state index in [1.54, 1.807) is 38.2 Å². The lowest BCUT2D eigenvalue weighted by atomic mass is 9.93. The lowest BCUT2D eigenvalue weighted by Gasteiger charge is -2.37. The zero-order chi connectivity index (χ0) is 30.8. The Bertz CT molecular complexity index is 1660. The van der Waals surface area contributed by atoms with Gasteiger partial charge in [0.05, 0.1) is 26.2 Å². The quantitative estimate of drug-likeness (QED) is 0.195. The van der Waals surface area contributed by atoms with Crippen LogP contribution < -0.4 is 4.74 Å². The molecule has 2 aliphatic rings. The average molecular weight is 617 g/mol. The lowest BCUT2D eigenvalue weighted by Crippen LogP contribution is -2.49. The number of carboxylic acid groups (broad SMARTS) is 1. The third-order valence-corrected chi connectivity index (χ3v) is 9.51. The second kappa shape index (κ2) is 12.7. The summed E-state index contributed by atoms with van der Waals surface area (Å²) in [6.07, 6.45) is 6.62. The van der Waals surface area contributed by atoms with Gasteiger partial charge in [0.1, 0.15) is 11.5 Å². The molecule has 0 unspecified atom stereocenters. The molecule has 1 saturated heterocycles. The molecule has 4 aromatic rings. The van der Waals surface area contributed by atoms with E-state index in [2.05, 4.69) is 20.9 Å². The number of rotatable bonds is 12. The van der Waals surface area contributed by atoms with E-state index in [4.69, 9.17) is 9.72 Å². The topological polar surface area (TPSA) is 95.9 Å². The summed E-state index contributed by atoms with van der Waals surface area (Å²) in [5.74, 6) is 0.0427. The largest absolute Gasteiger partial charge is 0.481 e. The monoisotopic (exact) mass is 616 g/mol. The van der Waals surface area contributed by atoms with Crippen LogP contribution in [0.25, 0.3) is 20.8 Å². The minimum absolute atomic E-state index is 0.111. The smallest absolute Gasteiger partial charge is 0.310 e. The number of ketones is 1. The number of halogens is 1. The van der Waals surface area contributed by atoms with Gasteiger partial charge in [0.25, 0.3) is 0 Å². The summed E-state index contributed by atoms with van der Waals surface area (Å²) in [6, 6.07) is 12.5. The van der Waals surface area contributed by atoms with Crippen LogP contribution >= 0.6 is 11.3 Å². The molecule has 1 aliphatic heterocycles. The van der Waals surface area contributed by atoms with Crippen LogP contribution in [0.2, 0.25) is 0 Å². The first kappa shape index (κ1) is 30.3. The first-order valence-electron chi connectivity index (χ1n) is 15.1. The number of piperazine rings is 1. The van der Waals surface area contributed by atoms with Crippen LogP contribution in [-0.2, 0) is 22.6 Å². The van der Waals surface area contributed by atoms with Crippen molar-refractivity contribution in [2.24, 2.45) is 11.3 Å². The van der Waals surface area contributed by atoms with E-state index in [-0.39, 0.29) is 18.0 Å². The number of benzene rings is 1. The minimum Gasteiger partial charge on any atom is -0.481 e. The number of aliphatic carboxylic acids is 1. The number of hydrogen-bond donors (Lipinski definition) is 1. The van der Waals surface area contributed by atoms with Crippen molar-refractivity contribution in [3.63, 3.8) is 0 Å². The van der Waals surface area contributed by atoms with E-state index >= 15 is 0 Å². The van der Waals surface area contributed by atoms with Crippen molar-refractivity contribution in [1.82, 2.24) is 19.8 Å². The Morgan fingerprint density at radius 1 is 1.00 bits per heavy atom. The van der Waals surface area contributed by atoms with E-state index in [0.717, 1.165) is 71.9 Å². The molecule has 4 heterocycles. The summed E-state index contributed by atoms with van der Waals surface area (Å²) in [6.45, 7) is 8.33. The molecule has 6 rings (SSSR count). The molecule has 44 heavy (non-hydrogen) atoms. The molecule has 2 fully saturated rings. The molecule has 0 spiro atoms. The minimum atomic E-state index is -0.767. The molecule has 3 aromatic heterocycles. The average Bonchev–Trinajstić information content (AvgIpc) is 3.69. The van der Waals surface area contributed by atoms with Crippen molar-refractivity contribution in [1.29, 1.82) is 0 Å². The molecular weight excluding hydrogens is 579 g/mol. The normalized spacial score (nSPS) is 16.3. The maximum absolute atomic E-state index is 15.0. The van der Waals surface area contributed by atoms with E-state index in [1.807, 2.05) is 18.3 Å². The second-order valence-electron chi connectivity index (χ2n) is 12.7. The summed E-state index contributed by atoms with van der Waals surface area (Å²) in [5, 5.41) is 9.42. The molecule has 1 aliphatic carbocycles. The Labute approximate surface area is 260 Å². The molecule has 0 amide bonds. The van der Waals surface area contributed by atoms with Crippen molar-refractivity contribution < 1.29 is 23.8 Å². The number of hydrogen-bond acceptors (Lipinski definition) is 8. The molecule has 8 nitrogen and oxygen atoms in total. The lowest BCUT2D eigenvalue weighted by molar-refractivity contribution is -0.148. The summed E-state index contributed by atoms with van der Waals surface area (Å²) in [5.41, 5.74) is 2.60. The highest BCUT2D eigenvalue weighted by Crippen LogP contribution is 2.39. The third-order valence-electron chi connectivity index (χ3n) is 8.35. The number of carbonyl (C=O) groups is 2. The third kappa shape index (κ3) is 7.31. The highest BCUT2D eigenvalue weighted by molar-refractivity contribution is 7.22. The van der Waals surface area contributed by atoms with Gasteiger partial charge in [0.15, 0.2) is 11.6 Å². The van der Waals surface area contributed by atoms with Crippen LogP contribution in [0.5, 0.6) is 11.5 Å². The van der Waals surface area contributed by atoms with Gasteiger partial charge in [0, 0.05) is 70.6 Å². The predicted molar refractivity (Wildman–Crippen MR) is 169 cm³/mol. The molecule has 0 radical (unpaired) electrons. The van der Waals surface area contributed by atoms with Crippen molar-refractivity contribution in [2.45, 2.75) is 46.1 Å². The number of carbonyl (C=O) groups excluding carboxylic acids is 1. The number of pyridine rings is 2. The van der Waals surface area contributed by atoms with Gasteiger partial charge < -0.3 is 9.84 Å². The van der Waals surface area contributed by atoms with E-state index < -0.39 is 17.2 Å². The number of fused-ring (bicyclic) bond motifs is 1. The number of nitrogens with zero attached hydrogens (tertiary/aromatic N) is 4. The van der Waals surface area contributed by atoms with Gasteiger partial charge in [-0.3, -0.25) is 29.4 Å². The van der Waals surface area contributed by atoms with Crippen LogP contribution in [0.15, 0.2) is 54.9 Å². The Balaban J connectivity index is 1.08. The van der Waals surface area contributed by atoms with Gasteiger partial charge in [-0.05, 0) is 68.0 Å². The summed E-state index contributed by atoms with van der Waals surface area (Å²) >= 11 is 1.50. The summed E-state index contributed by atoms with van der Waals surface area (Å²) < 4.78 is 21.8. The van der Waals surface area contributed by atoms with Crippen LogP contribution in [0, 0.1) is 17.2 Å². The van der Waals surface area contributed by atoms with Crippen molar-refractivity contribution in [3.05, 3.63) is 71.8 Å². The van der Waals surface area contributed by atoms with Gasteiger partial charge in [-0.2, -0.15) is 0 Å². The van der Waals surface area contributed by atoms with Crippen molar-refractivity contribution >= 4 is 33.3 Å². The van der Waals surface area contributed by atoms with Crippen LogP contribution in [0.3, 0.4) is 0 Å². The highest BCUT2D eigenvalue weighted by atomic mass is 32.1. The first-order chi connectivity index (χ1) is 21.1. The fourth-order valence-electron chi connectivity index (χ4n) is 5.57. The van der Waals surface area contributed by atoms with Gasteiger partial charge in [-0.15, -0.1) is 11.3 Å². The van der Waals surface area contributed by atoms with Gasteiger partial charge >= 0.3 is 5.97 Å². The van der Waals surface area contributed by atoms with E-state index in [9.17, 15) is 19.1 Å². The number of Topliss-reactive ketones (excluding diaryl/α,β-unsaturated/α-hetero) is 1. The molecule has 1 aromatic carbocycles. The van der Waals surface area contributed by atoms with Crippen LogP contribution in [0.4, 0.5) is 4.39 Å². The summed E-state index contributed by atoms with van der Waals surface area (Å²) in [4.78, 5) is 38.4. The zero-order valence-electron chi connectivity index (χ0n) is 25.1. The van der Waals surface area contributed by atoms with Gasteiger partial charge in [0.2, 0.25) is 0 Å². The van der Waals surface area contributed by atoms with E-state index in [0.29, 0.717) is 30.2 Å². The number of ether oxygens (including phenoxy) is 1. The number of thiophene rings is 1. The molecule has 0 bridgehead atoms. The van der Waals surface area contributed by atoms with Gasteiger partial charge in [-0.25, -0.2) is 4.39 Å². The fourth-order valence-corrected chi connectivity index (χ4v) is 6.62. The maximum Gasteiger partial charge on any atom is 0.310 e. The Morgan fingerprint density at radius 2 is 1.75 bits per heavy atom. The highest BCUT2D eigenvalue weighted by Gasteiger charge is 2.31. The van der Waals surface area contributed by atoms with Gasteiger partial charge in [-0.1, -0.05) is 12.1 Å². The van der Waals surface area contributed by atoms with E-state index in [1.165, 1.54) is 17.4 Å². The molecule has 0 atom stereocenters.